The van der Waals surface area contributed by atoms with Crippen LogP contribution >= 0.6 is 11.8 Å². The van der Waals surface area contributed by atoms with E-state index in [0.29, 0.717) is 5.76 Å². The van der Waals surface area contributed by atoms with Crippen molar-refractivity contribution >= 4 is 23.9 Å². The highest BCUT2D eigenvalue weighted by molar-refractivity contribution is 7.99. The van der Waals surface area contributed by atoms with Crippen molar-refractivity contribution in [3.8, 4) is 0 Å². The van der Waals surface area contributed by atoms with E-state index >= 15 is 0 Å². The number of furan rings is 1. The van der Waals surface area contributed by atoms with E-state index in [2.05, 4.69) is 15.5 Å². The molecule has 0 saturated carbocycles. The van der Waals surface area contributed by atoms with Crippen LogP contribution in [0.5, 0.6) is 0 Å². The topological polar surface area (TPSA) is 67.5 Å². The molecule has 0 radical (unpaired) electrons. The van der Waals surface area contributed by atoms with Crippen LogP contribution in [0, 0.1) is 0 Å². The molecule has 2 heterocycles. The first-order valence-electron chi connectivity index (χ1n) is 5.24. The lowest BCUT2D eigenvalue weighted by Crippen LogP contribution is -2.19. The van der Waals surface area contributed by atoms with Crippen molar-refractivity contribution in [3.05, 3.63) is 48.6 Å². The van der Waals surface area contributed by atoms with Crippen molar-refractivity contribution in [1.29, 1.82) is 0 Å². The molecule has 0 aliphatic rings. The van der Waals surface area contributed by atoms with E-state index in [9.17, 15) is 4.79 Å². The van der Waals surface area contributed by atoms with Gasteiger partial charge in [-0.15, -0.1) is 0 Å². The van der Waals surface area contributed by atoms with Crippen molar-refractivity contribution < 1.29 is 9.21 Å². The van der Waals surface area contributed by atoms with Crippen LogP contribution in [0.2, 0.25) is 0 Å². The van der Waals surface area contributed by atoms with E-state index in [0.717, 1.165) is 5.03 Å². The van der Waals surface area contributed by atoms with Gasteiger partial charge in [0.15, 0.2) is 0 Å². The Morgan fingerprint density at radius 2 is 2.39 bits per heavy atom. The van der Waals surface area contributed by atoms with Crippen LogP contribution in [0.1, 0.15) is 5.76 Å². The third kappa shape index (κ3) is 4.06. The van der Waals surface area contributed by atoms with Gasteiger partial charge in [0.2, 0.25) is 5.91 Å². The molecule has 5 nitrogen and oxygen atoms in total. The second-order valence-electron chi connectivity index (χ2n) is 3.27. The number of nitrogens with zero attached hydrogens (tertiary/aromatic N) is 2. The highest BCUT2D eigenvalue weighted by atomic mass is 32.2. The van der Waals surface area contributed by atoms with E-state index in [-0.39, 0.29) is 11.7 Å². The summed E-state index contributed by atoms with van der Waals surface area (Å²) >= 11 is 1.36. The number of aromatic nitrogens is 1. The molecule has 2 aromatic rings. The van der Waals surface area contributed by atoms with Gasteiger partial charge in [0.1, 0.15) is 5.76 Å². The third-order valence-corrected chi connectivity index (χ3v) is 2.86. The molecule has 0 aliphatic carbocycles. The average molecular weight is 261 g/mol. The average Bonchev–Trinajstić information content (AvgIpc) is 2.91. The molecule has 1 N–H and O–H groups in total. The number of nitrogens with one attached hydrogen (secondary N) is 1. The molecule has 0 fully saturated rings. The normalized spacial score (nSPS) is 10.7. The Morgan fingerprint density at radius 3 is 3.11 bits per heavy atom. The molecule has 0 unspecified atom stereocenters. The number of carbonyl (C=O) groups excluding carboxylic acids is 1. The largest absolute Gasteiger partial charge is 0.463 e. The maximum atomic E-state index is 11.4. The van der Waals surface area contributed by atoms with E-state index in [1.807, 2.05) is 18.2 Å². The van der Waals surface area contributed by atoms with Crippen LogP contribution in [0.3, 0.4) is 0 Å². The monoisotopic (exact) mass is 261 g/mol. The Hall–Kier alpha value is -2.08. The molecule has 0 atom stereocenters. The van der Waals surface area contributed by atoms with Crippen LogP contribution < -0.4 is 5.43 Å². The van der Waals surface area contributed by atoms with Gasteiger partial charge in [-0.2, -0.15) is 5.10 Å². The Labute approximate surface area is 108 Å². The summed E-state index contributed by atoms with van der Waals surface area (Å²) < 4.78 is 5.03. The lowest BCUT2D eigenvalue weighted by molar-refractivity contribution is -0.118. The first kappa shape index (κ1) is 12.4. The smallest absolute Gasteiger partial charge is 0.250 e. The van der Waals surface area contributed by atoms with Gasteiger partial charge in [-0.1, -0.05) is 17.8 Å². The molecule has 1 amide bonds. The van der Waals surface area contributed by atoms with Gasteiger partial charge in [-0.3, -0.25) is 4.79 Å². The van der Waals surface area contributed by atoms with E-state index in [1.165, 1.54) is 18.0 Å². The van der Waals surface area contributed by atoms with Crippen molar-refractivity contribution in [2.75, 3.05) is 5.75 Å². The quantitative estimate of drug-likeness (QED) is 0.507. The SMILES string of the molecule is O=C(CSc1ccccn1)N/N=C/c1ccco1. The molecule has 2 aromatic heterocycles. The van der Waals surface area contributed by atoms with Crippen molar-refractivity contribution in [2.45, 2.75) is 5.03 Å². The fourth-order valence-electron chi connectivity index (χ4n) is 1.14. The second-order valence-corrected chi connectivity index (χ2v) is 4.26. The fourth-order valence-corrected chi connectivity index (χ4v) is 1.79. The first-order valence-corrected chi connectivity index (χ1v) is 6.22. The molecular weight excluding hydrogens is 250 g/mol. The van der Waals surface area contributed by atoms with Gasteiger partial charge in [0.25, 0.3) is 0 Å². The van der Waals surface area contributed by atoms with Crippen molar-refractivity contribution in [3.63, 3.8) is 0 Å². The van der Waals surface area contributed by atoms with Gasteiger partial charge in [0.05, 0.1) is 23.3 Å². The molecule has 0 bridgehead atoms. The number of rotatable bonds is 5. The van der Waals surface area contributed by atoms with E-state index in [4.69, 9.17) is 4.42 Å². The van der Waals surface area contributed by atoms with Gasteiger partial charge in [0, 0.05) is 6.20 Å². The number of thioether (sulfide) groups is 1. The van der Waals surface area contributed by atoms with Gasteiger partial charge in [-0.05, 0) is 24.3 Å². The summed E-state index contributed by atoms with van der Waals surface area (Å²) in [6.07, 6.45) is 4.68. The minimum absolute atomic E-state index is 0.187. The molecular formula is C12H11N3O2S. The van der Waals surface area contributed by atoms with Crippen LogP contribution in [-0.2, 0) is 4.79 Å². The Morgan fingerprint density at radius 1 is 1.44 bits per heavy atom. The molecule has 0 aromatic carbocycles. The molecule has 92 valence electrons. The summed E-state index contributed by atoms with van der Waals surface area (Å²) in [5.74, 6) is 0.674. The highest BCUT2D eigenvalue weighted by Crippen LogP contribution is 2.12. The van der Waals surface area contributed by atoms with Gasteiger partial charge < -0.3 is 4.42 Å². The maximum Gasteiger partial charge on any atom is 0.250 e. The summed E-state index contributed by atoms with van der Waals surface area (Å²) in [5, 5.41) is 4.58. The maximum absolute atomic E-state index is 11.4. The lowest BCUT2D eigenvalue weighted by atomic mass is 10.5. The molecule has 6 heteroatoms. The van der Waals surface area contributed by atoms with E-state index < -0.39 is 0 Å². The second kappa shape index (κ2) is 6.61. The molecule has 0 saturated heterocycles. The predicted octanol–water partition coefficient (Wildman–Crippen LogP) is 1.92. The van der Waals surface area contributed by atoms with Crippen LogP contribution in [0.4, 0.5) is 0 Å². The van der Waals surface area contributed by atoms with Crippen molar-refractivity contribution in [2.24, 2.45) is 5.10 Å². The highest BCUT2D eigenvalue weighted by Gasteiger charge is 2.01. The zero-order valence-corrected chi connectivity index (χ0v) is 10.3. The predicted molar refractivity (Wildman–Crippen MR) is 69.4 cm³/mol. The van der Waals surface area contributed by atoms with Crippen LogP contribution in [-0.4, -0.2) is 22.9 Å². The number of pyridine rings is 1. The van der Waals surface area contributed by atoms with Crippen molar-refractivity contribution in [1.82, 2.24) is 10.4 Å². The number of carbonyl (C=O) groups is 1. The number of hydrazone groups is 1. The summed E-state index contributed by atoms with van der Waals surface area (Å²) in [6, 6.07) is 9.06. The number of hydrogen-bond acceptors (Lipinski definition) is 5. The fraction of sp³-hybridized carbons (Fsp3) is 0.0833. The summed E-state index contributed by atoms with van der Waals surface area (Å²) in [7, 11) is 0. The van der Waals surface area contributed by atoms with Gasteiger partial charge >= 0.3 is 0 Å². The Balaban J connectivity index is 1.73. The Bertz CT molecular complexity index is 511. The van der Waals surface area contributed by atoms with Crippen LogP contribution in [0.25, 0.3) is 0 Å². The zero-order valence-electron chi connectivity index (χ0n) is 9.45. The Kier molecular flexibility index (Phi) is 4.54. The summed E-state index contributed by atoms with van der Waals surface area (Å²) in [6.45, 7) is 0. The zero-order chi connectivity index (χ0) is 12.6. The lowest BCUT2D eigenvalue weighted by Gasteiger charge is -1.99. The number of hydrogen-bond donors (Lipinski definition) is 1. The third-order valence-electron chi connectivity index (χ3n) is 1.91. The summed E-state index contributed by atoms with van der Waals surface area (Å²) in [4.78, 5) is 15.5. The molecule has 18 heavy (non-hydrogen) atoms. The molecule has 0 aliphatic heterocycles. The van der Waals surface area contributed by atoms with E-state index in [1.54, 1.807) is 24.6 Å². The molecule has 0 spiro atoms. The number of amides is 1. The minimum atomic E-state index is -0.187. The van der Waals surface area contributed by atoms with Crippen LogP contribution in [0.15, 0.2) is 57.3 Å². The first-order chi connectivity index (χ1) is 8.84. The standard InChI is InChI=1S/C12H11N3O2S/c16-11(9-18-12-5-1-2-6-13-12)15-14-8-10-4-3-7-17-10/h1-8H,9H2,(H,15,16)/b14-8+. The summed E-state index contributed by atoms with van der Waals surface area (Å²) in [5.41, 5.74) is 2.41. The molecule has 2 rings (SSSR count). The minimum Gasteiger partial charge on any atom is -0.463 e. The van der Waals surface area contributed by atoms with Gasteiger partial charge in [-0.25, -0.2) is 10.4 Å².